The van der Waals surface area contributed by atoms with Crippen LogP contribution in [-0.2, 0) is 43.3 Å². The van der Waals surface area contributed by atoms with E-state index >= 15 is 0 Å². The highest BCUT2D eigenvalue weighted by Crippen LogP contribution is 2.43. The van der Waals surface area contributed by atoms with E-state index < -0.39 is 0 Å². The number of nitrogens with zero attached hydrogens (tertiary/aromatic N) is 4. The van der Waals surface area contributed by atoms with Gasteiger partial charge in [-0.2, -0.15) is 0 Å². The first kappa shape index (κ1) is 62.7. The maximum absolute atomic E-state index is 5.99. The highest BCUT2D eigenvalue weighted by atomic mass is 15.0. The minimum atomic E-state index is -0.174. The summed E-state index contributed by atoms with van der Waals surface area (Å²) < 4.78 is 0. The molecule has 0 aliphatic carbocycles. The molecule has 4 aromatic carbocycles. The summed E-state index contributed by atoms with van der Waals surface area (Å²) in [5, 5.41) is 3.63. The fraction of sp³-hybridized carbons (Fsp3) is 0.390. The van der Waals surface area contributed by atoms with E-state index in [9.17, 15) is 0 Å². The first-order valence-corrected chi connectivity index (χ1v) is 32.3. The zero-order valence-electron chi connectivity index (χ0n) is 58.0. The Morgan fingerprint density at radius 3 is 1.07 bits per heavy atom. The number of hydrogen-bond donors (Lipinski definition) is 3. The van der Waals surface area contributed by atoms with Crippen molar-refractivity contribution in [2.45, 2.75) is 209 Å². The molecule has 0 saturated heterocycles. The second kappa shape index (κ2) is 21.4. The van der Waals surface area contributed by atoms with Gasteiger partial charge in [-0.15, -0.1) is 0 Å². The van der Waals surface area contributed by atoms with Crippen LogP contribution in [-0.4, -0.2) is 31.5 Å². The molecule has 0 fully saturated rings. The van der Waals surface area contributed by atoms with E-state index in [1.807, 2.05) is 24.5 Å². The number of amidine groups is 1. The van der Waals surface area contributed by atoms with Crippen LogP contribution in [0.2, 0.25) is 0 Å². The molecule has 0 saturated carbocycles. The molecule has 0 spiro atoms. The third-order valence-corrected chi connectivity index (χ3v) is 18.2. The van der Waals surface area contributed by atoms with Gasteiger partial charge in [0.2, 0.25) is 0 Å². The number of aromatic amines is 3. The van der Waals surface area contributed by atoms with Gasteiger partial charge >= 0.3 is 0 Å². The van der Waals surface area contributed by atoms with Crippen molar-refractivity contribution >= 4 is 39.5 Å². The molecule has 89 heavy (non-hydrogen) atoms. The third kappa shape index (κ3) is 12.3. The quantitative estimate of drug-likeness (QED) is 0.157. The Morgan fingerprint density at radius 1 is 0.303 bits per heavy atom. The molecule has 7 heteroatoms. The Morgan fingerprint density at radius 2 is 0.663 bits per heavy atom. The van der Waals surface area contributed by atoms with Gasteiger partial charge in [0.05, 0.1) is 22.5 Å². The van der Waals surface area contributed by atoms with E-state index in [2.05, 4.69) is 295 Å². The number of hydrogen-bond acceptors (Lipinski definition) is 4. The number of benzene rings is 4. The summed E-state index contributed by atoms with van der Waals surface area (Å²) in [6.07, 6.45) is 8.15. The molecule has 460 valence electrons. The second-order valence-electron chi connectivity index (χ2n) is 33.8. The van der Waals surface area contributed by atoms with Crippen molar-refractivity contribution in [2.24, 2.45) is 15.0 Å². The molecule has 0 radical (unpaired) electrons. The lowest BCUT2D eigenvalue weighted by molar-refractivity contribution is 0.567. The molecule has 8 aromatic rings. The molecule has 0 atom stereocenters. The standard InChI is InChI=1S/C82H97N7/c1-75(2,3)52-35-48(36-53(43-52)76(4,5)6)66-60-25-26-61(84-60)67(49-37-54(77(7,8)9)44-55(38-49)78(10,11)12)63-28-30-65(86-63)69(51-41-58(81(19,20)21)46-59(42-51)82(22,23)24)71-73-72(88-74(89-73)47-31-33-83-34-32-47)70(87-71)68(64-29-27-62(66)85-64)50-39-56(79(13,14)15)45-57(40-50)80(16,17)18/h25-46,84-85,87H,1-24H3. The zero-order valence-corrected chi connectivity index (χ0v) is 58.0. The molecular weight excluding hydrogens is 1080 g/mol. The van der Waals surface area contributed by atoms with Crippen LogP contribution in [0.4, 0.5) is 5.69 Å². The Balaban J connectivity index is 1.41. The third-order valence-electron chi connectivity index (χ3n) is 18.2. The topological polar surface area (TPSA) is 97.3 Å². The minimum Gasteiger partial charge on any atom is -0.354 e. The number of rotatable bonds is 5. The van der Waals surface area contributed by atoms with Crippen LogP contribution in [0.15, 0.2) is 154 Å². The molecule has 7 heterocycles. The molecule has 0 unspecified atom stereocenters. The zero-order chi connectivity index (χ0) is 64.7. The van der Waals surface area contributed by atoms with Gasteiger partial charge in [-0.05, 0) is 159 Å². The monoisotopic (exact) mass is 1180 g/mol. The van der Waals surface area contributed by atoms with Crippen LogP contribution in [0.25, 0.3) is 22.3 Å². The van der Waals surface area contributed by atoms with Gasteiger partial charge in [-0.1, -0.05) is 239 Å². The summed E-state index contributed by atoms with van der Waals surface area (Å²) >= 11 is 0. The van der Waals surface area contributed by atoms with E-state index in [1.165, 1.54) is 44.5 Å². The Kier molecular flexibility index (Phi) is 15.1. The van der Waals surface area contributed by atoms with Gasteiger partial charge in [0.25, 0.3) is 0 Å². The highest BCUT2D eigenvalue weighted by Gasteiger charge is 2.33. The van der Waals surface area contributed by atoms with Crippen LogP contribution in [0, 0.1) is 0 Å². The predicted molar refractivity (Wildman–Crippen MR) is 377 cm³/mol. The Labute approximate surface area is 531 Å². The molecule has 3 aliphatic heterocycles. The number of H-pyrrole nitrogens is 3. The molecule has 7 nitrogen and oxygen atoms in total. The molecule has 8 bridgehead atoms. The normalized spacial score (nSPS) is 15.3. The average Bonchev–Trinajstić information content (AvgIpc) is 2.30. The number of aliphatic imine (C=N–C) groups is 2. The molecule has 11 rings (SSSR count). The van der Waals surface area contributed by atoms with Crippen LogP contribution < -0.4 is 21.4 Å². The SMILES string of the molecule is CC(C)(C)c1cc(C2=C3C=CC(=N3)C(c3cc(C(C)(C)C)cc(C(C)(C)C)c3)=c3ccc([nH]3)=C(c3cc(C(C)(C)C)cc(C(C)(C)C)c3)c3ccc([nH]3)C(c3cc(C(C)(C)C)cc(C(C)(C)C)c3)=c3[nH]c2c2c3=NC(c3ccncc3)=N2)cc(C(C)(C)C)c1. The Bertz CT molecular complexity index is 4440. The first-order valence-electron chi connectivity index (χ1n) is 32.3. The number of nitrogens with one attached hydrogen (secondary N) is 3. The van der Waals surface area contributed by atoms with Crippen molar-refractivity contribution in [1.82, 2.24) is 19.9 Å². The summed E-state index contributed by atoms with van der Waals surface area (Å²) in [7, 11) is 0. The van der Waals surface area contributed by atoms with Gasteiger partial charge in [-0.25, -0.2) is 15.0 Å². The first-order chi connectivity index (χ1) is 41.1. The van der Waals surface area contributed by atoms with E-state index in [0.717, 1.165) is 106 Å². The maximum Gasteiger partial charge on any atom is 0.160 e. The summed E-state index contributed by atoms with van der Waals surface area (Å²) in [5.41, 5.74) is 23.5. The van der Waals surface area contributed by atoms with Crippen molar-refractivity contribution in [3.05, 3.63) is 250 Å². The van der Waals surface area contributed by atoms with Gasteiger partial charge in [-0.3, -0.25) is 4.98 Å². The molecule has 4 aromatic heterocycles. The molecule has 0 amide bonds. The van der Waals surface area contributed by atoms with Crippen molar-refractivity contribution < 1.29 is 0 Å². The highest BCUT2D eigenvalue weighted by molar-refractivity contribution is 6.30. The fourth-order valence-corrected chi connectivity index (χ4v) is 12.2. The van der Waals surface area contributed by atoms with Crippen LogP contribution in [0.1, 0.15) is 256 Å². The smallest absolute Gasteiger partial charge is 0.160 e. The van der Waals surface area contributed by atoms with Gasteiger partial charge in [0, 0.05) is 62.3 Å². The van der Waals surface area contributed by atoms with Crippen molar-refractivity contribution in [3.63, 3.8) is 0 Å². The van der Waals surface area contributed by atoms with E-state index in [0.29, 0.717) is 5.84 Å². The summed E-state index contributed by atoms with van der Waals surface area (Å²) in [6.45, 7) is 55.7. The van der Waals surface area contributed by atoms with Gasteiger partial charge in [0.15, 0.2) is 5.84 Å². The number of pyridine rings is 1. The molecule has 3 N–H and O–H groups in total. The van der Waals surface area contributed by atoms with E-state index in [4.69, 9.17) is 15.0 Å². The molecular formula is C82H97N7. The van der Waals surface area contributed by atoms with Crippen molar-refractivity contribution in [2.75, 3.05) is 0 Å². The van der Waals surface area contributed by atoms with Crippen molar-refractivity contribution in [1.29, 1.82) is 0 Å². The lowest BCUT2D eigenvalue weighted by Gasteiger charge is -2.27. The van der Waals surface area contributed by atoms with Crippen LogP contribution in [0.5, 0.6) is 0 Å². The Hall–Kier alpha value is -7.90. The summed E-state index contributed by atoms with van der Waals surface area (Å²) in [4.78, 5) is 34.4. The van der Waals surface area contributed by atoms with E-state index in [1.54, 1.807) is 0 Å². The molecule has 3 aliphatic rings. The van der Waals surface area contributed by atoms with Gasteiger partial charge in [0.1, 0.15) is 11.0 Å². The number of allylic oxidation sites excluding steroid dienone is 2. The van der Waals surface area contributed by atoms with E-state index in [-0.39, 0.29) is 43.3 Å². The van der Waals surface area contributed by atoms with Gasteiger partial charge < -0.3 is 15.0 Å². The minimum absolute atomic E-state index is 0.129. The lowest BCUT2D eigenvalue weighted by atomic mass is 9.78. The van der Waals surface area contributed by atoms with Crippen molar-refractivity contribution in [3.8, 4) is 0 Å². The largest absolute Gasteiger partial charge is 0.354 e. The van der Waals surface area contributed by atoms with Crippen LogP contribution >= 0.6 is 0 Å². The van der Waals surface area contributed by atoms with Crippen LogP contribution in [0.3, 0.4) is 0 Å². The summed E-state index contributed by atoms with van der Waals surface area (Å²) in [6, 6.07) is 42.1. The number of fused-ring (bicyclic) bond motifs is 10. The average molecular weight is 1180 g/mol. The second-order valence-corrected chi connectivity index (χ2v) is 33.8. The number of aromatic nitrogens is 4. The fourth-order valence-electron chi connectivity index (χ4n) is 12.2. The maximum atomic E-state index is 5.99. The lowest BCUT2D eigenvalue weighted by Crippen LogP contribution is -2.27. The predicted octanol–water partition coefficient (Wildman–Crippen LogP) is 17.6. The summed E-state index contributed by atoms with van der Waals surface area (Å²) in [5.74, 6) is 0.637.